The van der Waals surface area contributed by atoms with Crippen molar-refractivity contribution >= 4 is 22.6 Å². The lowest BCUT2D eigenvalue weighted by molar-refractivity contribution is 0.0957. The summed E-state index contributed by atoms with van der Waals surface area (Å²) in [5, 5.41) is 3.84. The molecule has 0 bridgehead atoms. The van der Waals surface area contributed by atoms with Crippen LogP contribution >= 0.6 is 0 Å². The molecule has 0 spiro atoms. The summed E-state index contributed by atoms with van der Waals surface area (Å²) >= 11 is 0. The van der Waals surface area contributed by atoms with Gasteiger partial charge in [-0.1, -0.05) is 18.2 Å². The average molecular weight is 283 g/mol. The lowest BCUT2D eigenvalue weighted by atomic mass is 10.0. The van der Waals surface area contributed by atoms with Crippen LogP contribution in [0.3, 0.4) is 0 Å². The summed E-state index contributed by atoms with van der Waals surface area (Å²) in [6.45, 7) is 6.67. The molecule has 1 aromatic carbocycles. The number of benzene rings is 1. The van der Waals surface area contributed by atoms with E-state index in [-0.39, 0.29) is 5.91 Å². The van der Waals surface area contributed by atoms with E-state index < -0.39 is 0 Å². The standard InChI is InChI=1S/C17H21N3O/c1-3-18-17(21)14-11-15(20-9-4-5-10-20)19-16-12(2)7-6-8-13(14)16/h6-8,11H,3-5,9-10H2,1-2H3,(H,18,21). The van der Waals surface area contributed by atoms with Crippen LogP contribution in [0.25, 0.3) is 10.9 Å². The van der Waals surface area contributed by atoms with Gasteiger partial charge < -0.3 is 10.2 Å². The molecular weight excluding hydrogens is 262 g/mol. The first-order chi connectivity index (χ1) is 10.2. The molecule has 0 radical (unpaired) electrons. The number of nitrogens with one attached hydrogen (secondary N) is 1. The Kier molecular flexibility index (Phi) is 3.78. The molecule has 4 nitrogen and oxygen atoms in total. The van der Waals surface area contributed by atoms with Crippen LogP contribution in [-0.2, 0) is 0 Å². The monoisotopic (exact) mass is 283 g/mol. The smallest absolute Gasteiger partial charge is 0.252 e. The van der Waals surface area contributed by atoms with E-state index in [0.717, 1.165) is 40.9 Å². The zero-order valence-corrected chi connectivity index (χ0v) is 12.6. The molecule has 1 N–H and O–H groups in total. The Morgan fingerprint density at radius 2 is 2.10 bits per heavy atom. The summed E-state index contributed by atoms with van der Waals surface area (Å²) < 4.78 is 0. The highest BCUT2D eigenvalue weighted by atomic mass is 16.1. The molecule has 110 valence electrons. The van der Waals surface area contributed by atoms with E-state index in [0.29, 0.717) is 6.54 Å². The van der Waals surface area contributed by atoms with Crippen molar-refractivity contribution in [2.75, 3.05) is 24.5 Å². The largest absolute Gasteiger partial charge is 0.357 e. The lowest BCUT2D eigenvalue weighted by Gasteiger charge is -2.19. The van der Waals surface area contributed by atoms with Crippen molar-refractivity contribution in [3.63, 3.8) is 0 Å². The van der Waals surface area contributed by atoms with Crippen LogP contribution in [0.5, 0.6) is 0 Å². The highest BCUT2D eigenvalue weighted by molar-refractivity contribution is 6.07. The number of carbonyl (C=O) groups is 1. The Hall–Kier alpha value is -2.10. The molecule has 1 aromatic heterocycles. The van der Waals surface area contributed by atoms with Crippen molar-refractivity contribution in [1.29, 1.82) is 0 Å². The van der Waals surface area contributed by atoms with Crippen molar-refractivity contribution in [3.05, 3.63) is 35.4 Å². The Morgan fingerprint density at radius 3 is 2.81 bits per heavy atom. The van der Waals surface area contributed by atoms with E-state index in [9.17, 15) is 4.79 Å². The minimum absolute atomic E-state index is 0.0176. The molecule has 2 aromatic rings. The summed E-state index contributed by atoms with van der Waals surface area (Å²) in [6.07, 6.45) is 2.40. The number of hydrogen-bond acceptors (Lipinski definition) is 3. The normalized spacial score (nSPS) is 14.7. The first kappa shape index (κ1) is 13.9. The van der Waals surface area contributed by atoms with Gasteiger partial charge in [0.25, 0.3) is 5.91 Å². The molecule has 0 unspecified atom stereocenters. The number of aryl methyl sites for hydroxylation is 1. The second-order valence-electron chi connectivity index (χ2n) is 5.55. The van der Waals surface area contributed by atoms with Gasteiger partial charge in [0.1, 0.15) is 5.82 Å². The molecule has 0 atom stereocenters. The number of aromatic nitrogens is 1. The zero-order chi connectivity index (χ0) is 14.8. The minimum atomic E-state index is -0.0176. The molecule has 4 heteroatoms. The van der Waals surface area contributed by atoms with Crippen LogP contribution in [0.1, 0.15) is 35.7 Å². The van der Waals surface area contributed by atoms with Gasteiger partial charge in [-0.3, -0.25) is 4.79 Å². The SMILES string of the molecule is CCNC(=O)c1cc(N2CCCC2)nc2c(C)cccc12. The Labute approximate surface area is 125 Å². The molecule has 21 heavy (non-hydrogen) atoms. The highest BCUT2D eigenvalue weighted by Crippen LogP contribution is 2.27. The molecule has 1 fully saturated rings. The van der Waals surface area contributed by atoms with Crippen LogP contribution in [0.4, 0.5) is 5.82 Å². The van der Waals surface area contributed by atoms with E-state index >= 15 is 0 Å². The van der Waals surface area contributed by atoms with Crippen LogP contribution in [0, 0.1) is 6.92 Å². The average Bonchev–Trinajstić information content (AvgIpc) is 3.01. The van der Waals surface area contributed by atoms with Crippen LogP contribution in [0.2, 0.25) is 0 Å². The van der Waals surface area contributed by atoms with E-state index in [4.69, 9.17) is 4.98 Å². The maximum Gasteiger partial charge on any atom is 0.252 e. The number of rotatable bonds is 3. The number of nitrogens with zero attached hydrogens (tertiary/aromatic N) is 2. The topological polar surface area (TPSA) is 45.2 Å². The molecule has 0 aliphatic carbocycles. The van der Waals surface area contributed by atoms with Gasteiger partial charge in [0.15, 0.2) is 0 Å². The van der Waals surface area contributed by atoms with E-state index in [1.807, 2.05) is 38.1 Å². The maximum atomic E-state index is 12.4. The van der Waals surface area contributed by atoms with Crippen molar-refractivity contribution in [1.82, 2.24) is 10.3 Å². The van der Waals surface area contributed by atoms with Gasteiger partial charge in [-0.2, -0.15) is 0 Å². The van der Waals surface area contributed by atoms with Crippen molar-refractivity contribution in [2.45, 2.75) is 26.7 Å². The van der Waals surface area contributed by atoms with Gasteiger partial charge in [0.2, 0.25) is 0 Å². The first-order valence-corrected chi connectivity index (χ1v) is 7.64. The van der Waals surface area contributed by atoms with Crippen molar-refractivity contribution < 1.29 is 4.79 Å². The van der Waals surface area contributed by atoms with E-state index in [2.05, 4.69) is 10.2 Å². The fourth-order valence-corrected chi connectivity index (χ4v) is 2.93. The predicted octanol–water partition coefficient (Wildman–Crippen LogP) is 2.89. The number of anilines is 1. The van der Waals surface area contributed by atoms with Crippen molar-refractivity contribution in [3.8, 4) is 0 Å². The van der Waals surface area contributed by atoms with Crippen molar-refractivity contribution in [2.24, 2.45) is 0 Å². The Morgan fingerprint density at radius 1 is 1.33 bits per heavy atom. The molecule has 2 heterocycles. The van der Waals surface area contributed by atoms with Crippen LogP contribution < -0.4 is 10.2 Å². The second-order valence-corrected chi connectivity index (χ2v) is 5.55. The van der Waals surface area contributed by atoms with Gasteiger partial charge in [0.05, 0.1) is 11.1 Å². The third kappa shape index (κ3) is 2.58. The second kappa shape index (κ2) is 5.72. The van der Waals surface area contributed by atoms with E-state index in [1.165, 1.54) is 12.8 Å². The molecule has 1 aliphatic rings. The fraction of sp³-hybridized carbons (Fsp3) is 0.412. The number of hydrogen-bond donors (Lipinski definition) is 1. The fourth-order valence-electron chi connectivity index (χ4n) is 2.93. The Bertz CT molecular complexity index is 675. The molecular formula is C17H21N3O. The number of fused-ring (bicyclic) bond motifs is 1. The van der Waals surface area contributed by atoms with Gasteiger partial charge in [-0.25, -0.2) is 4.98 Å². The Balaban J connectivity index is 2.17. The molecule has 1 amide bonds. The van der Waals surface area contributed by atoms with Gasteiger partial charge >= 0.3 is 0 Å². The molecule has 3 rings (SSSR count). The van der Waals surface area contributed by atoms with E-state index in [1.54, 1.807) is 0 Å². The number of amides is 1. The summed E-state index contributed by atoms with van der Waals surface area (Å²) in [6, 6.07) is 7.95. The van der Waals surface area contributed by atoms with Crippen LogP contribution in [-0.4, -0.2) is 30.5 Å². The highest BCUT2D eigenvalue weighted by Gasteiger charge is 2.18. The summed E-state index contributed by atoms with van der Waals surface area (Å²) in [4.78, 5) is 19.5. The maximum absolute atomic E-state index is 12.4. The third-order valence-electron chi connectivity index (χ3n) is 4.04. The number of para-hydroxylation sites is 1. The van der Waals surface area contributed by atoms with Crippen LogP contribution in [0.15, 0.2) is 24.3 Å². The predicted molar refractivity (Wildman–Crippen MR) is 85.9 cm³/mol. The first-order valence-electron chi connectivity index (χ1n) is 7.64. The summed E-state index contributed by atoms with van der Waals surface area (Å²) in [5.41, 5.74) is 2.77. The summed E-state index contributed by atoms with van der Waals surface area (Å²) in [5.74, 6) is 0.909. The number of pyridine rings is 1. The van der Waals surface area contributed by atoms with Gasteiger partial charge in [0, 0.05) is 25.0 Å². The number of carbonyl (C=O) groups excluding carboxylic acids is 1. The molecule has 0 saturated carbocycles. The quantitative estimate of drug-likeness (QED) is 0.942. The zero-order valence-electron chi connectivity index (χ0n) is 12.6. The lowest BCUT2D eigenvalue weighted by Crippen LogP contribution is -2.25. The molecule has 1 aliphatic heterocycles. The minimum Gasteiger partial charge on any atom is -0.357 e. The van der Waals surface area contributed by atoms with Gasteiger partial charge in [-0.15, -0.1) is 0 Å². The summed E-state index contributed by atoms with van der Waals surface area (Å²) in [7, 11) is 0. The molecule has 1 saturated heterocycles. The third-order valence-corrected chi connectivity index (χ3v) is 4.04. The van der Waals surface area contributed by atoms with Gasteiger partial charge in [-0.05, 0) is 38.3 Å².